The molecule has 0 aliphatic heterocycles. The van der Waals surface area contributed by atoms with Crippen molar-refractivity contribution >= 4 is 197 Å². The molecule has 9 amide bonds. The molecule has 0 bridgehead atoms. The van der Waals surface area contributed by atoms with Crippen LogP contribution in [0.1, 0.15) is 94.0 Å². The summed E-state index contributed by atoms with van der Waals surface area (Å²) in [5, 5.41) is 22.7. The lowest BCUT2D eigenvalue weighted by Crippen LogP contribution is -2.19. The third-order valence-electron chi connectivity index (χ3n) is 18.9. The standard InChI is InChI=1S/C75H63N15O27S6/c1-85-31-46(22-61(85)73(97)82-49-25-58(88(4)34-49)70(94)76-43-10-7-37-16-52(118(100,101)102)28-64(55(37)19-43)121(109,110)111)79-67(91)40-13-41(68(92)80-47-23-62(86(2)32-47)74(98)83-50-26-59(89(5)35-50)71(95)77-44-11-8-38-17-53(119(103,104)105)29-65(56(38)20-44)122(112,113)114)15-42(14-40)69(93)81-48-24-63(87(3)33-48)75(99)84-51-27-60(90(6)36-51)72(96)78-45-12-9-39-18-54(120(106,107)108)30-66(57(39)21-45)123(115,116)117/h7-36H,1-6H3,(H,76,94)(H,77,95)(H,78,96)(H,79,91)(H,80,92)(H,81,93)(H,82,97)(H,83,98)(H,84,99)(H,100,101,102)(H,103,104,105)(H,106,107,108)(H,109,110,111)(H,112,113,114)(H,115,116,117). The number of nitrogens with zero attached hydrogens (tertiary/aromatic N) is 6. The van der Waals surface area contributed by atoms with Crippen molar-refractivity contribution in [2.45, 2.75) is 29.4 Å². The molecule has 0 saturated heterocycles. The fourth-order valence-electron chi connectivity index (χ4n) is 13.2. The van der Waals surface area contributed by atoms with Crippen LogP contribution < -0.4 is 47.9 Å². The van der Waals surface area contributed by atoms with Gasteiger partial charge in [-0.3, -0.25) is 70.5 Å². The van der Waals surface area contributed by atoms with Gasteiger partial charge in [-0.1, -0.05) is 18.2 Å². The minimum absolute atomic E-state index is 0.00945. The molecule has 6 heterocycles. The molecular formula is C75H63N15O27S6. The normalized spacial score (nSPS) is 12.1. The number of rotatable bonds is 24. The first-order valence-corrected chi connectivity index (χ1v) is 43.5. The van der Waals surface area contributed by atoms with Gasteiger partial charge in [0.1, 0.15) is 48.9 Å². The molecule has 42 nitrogen and oxygen atoms in total. The van der Waals surface area contributed by atoms with Gasteiger partial charge < -0.3 is 75.3 Å². The summed E-state index contributed by atoms with van der Waals surface area (Å²) in [6, 6.07) is 26.3. The molecule has 0 saturated carbocycles. The number of amides is 9. The minimum atomic E-state index is -5.09. The van der Waals surface area contributed by atoms with Crippen LogP contribution in [0, 0.1) is 0 Å². The summed E-state index contributed by atoms with van der Waals surface area (Å²) in [5.41, 5.74) is -1.29. The predicted molar refractivity (Wildman–Crippen MR) is 441 cm³/mol. The number of nitrogens with one attached hydrogen (secondary N) is 9. The molecule has 6 aromatic heterocycles. The third kappa shape index (κ3) is 18.8. The number of hydrogen-bond acceptors (Lipinski definition) is 21. The highest BCUT2D eigenvalue weighted by Gasteiger charge is 2.29. The topological polar surface area (TPSA) is 618 Å². The second kappa shape index (κ2) is 32.0. The number of aryl methyl sites for hydroxylation is 6. The van der Waals surface area contributed by atoms with E-state index in [1.807, 2.05) is 0 Å². The van der Waals surface area contributed by atoms with Gasteiger partial charge in [-0.2, -0.15) is 50.5 Å². The van der Waals surface area contributed by atoms with Gasteiger partial charge in [0.05, 0.1) is 48.8 Å². The van der Waals surface area contributed by atoms with E-state index in [1.54, 1.807) is 0 Å². The zero-order valence-electron chi connectivity index (χ0n) is 63.7. The fourth-order valence-corrected chi connectivity index (χ4v) is 17.2. The molecule has 15 N–H and O–H groups in total. The molecule has 0 aliphatic carbocycles. The van der Waals surface area contributed by atoms with Crippen LogP contribution in [0.15, 0.2) is 212 Å². The highest BCUT2D eigenvalue weighted by molar-refractivity contribution is 7.87. The monoisotopic (exact) mass is 1800 g/mol. The largest absolute Gasteiger partial charge is 0.344 e. The minimum Gasteiger partial charge on any atom is -0.344 e. The molecule has 0 atom stereocenters. The number of carbonyl (C=O) groups excluding carboxylic acids is 9. The number of carbonyl (C=O) groups is 9. The van der Waals surface area contributed by atoms with Crippen molar-refractivity contribution in [1.82, 2.24) is 27.4 Å². The lowest BCUT2D eigenvalue weighted by atomic mass is 10.0. The molecule has 0 spiro atoms. The van der Waals surface area contributed by atoms with Gasteiger partial charge in [0.25, 0.3) is 114 Å². The second-order valence-electron chi connectivity index (χ2n) is 27.7. The first-order valence-electron chi connectivity index (χ1n) is 34.8. The molecule has 636 valence electrons. The Morgan fingerprint density at radius 3 is 0.577 bits per heavy atom. The first-order chi connectivity index (χ1) is 57.3. The summed E-state index contributed by atoms with van der Waals surface area (Å²) >= 11 is 0. The average Bonchev–Trinajstić information content (AvgIpc) is 1.75. The SMILES string of the molecule is Cn1cc(NC(=O)c2cc(C(=O)Nc3cc(C(=O)Nc4cc(C(=O)Nc5ccc6cc(S(=O)(=O)O)cc(S(=O)(=O)O)c6c5)n(C)c4)n(C)c3)cc(C(=O)Nc3cc(C(=O)Nc4cc(C(=O)Nc5ccc6cc(S(=O)(=O)O)cc(S(=O)(=O)O)c6c5)n(C)c4)n(C)c3)c2)cc1C(=O)Nc1cc(C(=O)Nc2ccc3cc(S(=O)(=O)O)cc(S(=O)(=O)O)c3c2)n(C)c1. The number of fused-ring (bicyclic) bond motifs is 3. The highest BCUT2D eigenvalue weighted by Crippen LogP contribution is 2.35. The maximum atomic E-state index is 14.5. The Balaban J connectivity index is 0.719. The molecule has 48 heteroatoms. The summed E-state index contributed by atoms with van der Waals surface area (Å²) in [6.45, 7) is 0. The van der Waals surface area contributed by atoms with Crippen LogP contribution >= 0.6 is 0 Å². The van der Waals surface area contributed by atoms with Crippen LogP contribution in [-0.4, -0.2) is 158 Å². The average molecular weight is 1800 g/mol. The van der Waals surface area contributed by atoms with Crippen LogP contribution in [0.4, 0.5) is 51.2 Å². The summed E-state index contributed by atoms with van der Waals surface area (Å²) in [4.78, 5) is 121. The van der Waals surface area contributed by atoms with E-state index >= 15 is 0 Å². The summed E-state index contributed by atoms with van der Waals surface area (Å²) in [5.74, 6) is -7.58. The van der Waals surface area contributed by atoms with Crippen LogP contribution in [0.3, 0.4) is 0 Å². The van der Waals surface area contributed by atoms with Gasteiger partial charge in [-0.15, -0.1) is 0 Å². The summed E-state index contributed by atoms with van der Waals surface area (Å²) < 4.78 is 212. The second-order valence-corrected chi connectivity index (χ2v) is 36.1. The Morgan fingerprint density at radius 2 is 0.398 bits per heavy atom. The fraction of sp³-hybridized carbons (Fsp3) is 0.0800. The van der Waals surface area contributed by atoms with E-state index in [4.69, 9.17) is 0 Å². The molecule has 13 aromatic rings. The van der Waals surface area contributed by atoms with Crippen molar-refractivity contribution in [3.63, 3.8) is 0 Å². The molecular weight excluding hydrogens is 1740 g/mol. The Labute approximate surface area is 694 Å². The zero-order valence-corrected chi connectivity index (χ0v) is 68.6. The van der Waals surface area contributed by atoms with Crippen molar-refractivity contribution in [1.29, 1.82) is 0 Å². The third-order valence-corrected chi connectivity index (χ3v) is 24.0. The molecule has 0 fully saturated rings. The maximum absolute atomic E-state index is 14.5. The molecule has 0 aliphatic rings. The molecule has 0 radical (unpaired) electrons. The van der Waals surface area contributed by atoms with Gasteiger partial charge in [-0.05, 0) is 144 Å². The summed E-state index contributed by atoms with van der Waals surface area (Å²) in [7, 11) is -21.3. The van der Waals surface area contributed by atoms with E-state index in [1.165, 1.54) is 180 Å². The summed E-state index contributed by atoms with van der Waals surface area (Å²) in [6.07, 6.45) is 8.11. The van der Waals surface area contributed by atoms with Crippen molar-refractivity contribution in [3.05, 3.63) is 234 Å². The smallest absolute Gasteiger partial charge is 0.295 e. The number of aromatic nitrogens is 6. The van der Waals surface area contributed by atoms with E-state index in [2.05, 4.69) is 47.9 Å². The number of anilines is 9. The van der Waals surface area contributed by atoms with Crippen molar-refractivity contribution in [2.24, 2.45) is 42.3 Å². The van der Waals surface area contributed by atoms with Gasteiger partial charge in [-0.25, -0.2) is 0 Å². The van der Waals surface area contributed by atoms with Crippen molar-refractivity contribution < 1.29 is 121 Å². The highest BCUT2D eigenvalue weighted by atomic mass is 32.2. The van der Waals surface area contributed by atoms with Gasteiger partial charge in [0, 0.05) is 129 Å². The molecule has 7 aromatic carbocycles. The molecule has 0 unspecified atom stereocenters. The first kappa shape index (κ1) is 86.5. The predicted octanol–water partition coefficient (Wildman–Crippen LogP) is 7.93. The van der Waals surface area contributed by atoms with Crippen molar-refractivity contribution in [3.8, 4) is 0 Å². The lowest BCUT2D eigenvalue weighted by molar-refractivity contribution is 0.100. The Bertz CT molecular complexity index is 6870. The zero-order chi connectivity index (χ0) is 89.6. The Hall–Kier alpha value is -14.3. The van der Waals surface area contributed by atoms with Crippen LogP contribution in [0.25, 0.3) is 32.3 Å². The van der Waals surface area contributed by atoms with E-state index in [9.17, 15) is 121 Å². The molecule has 123 heavy (non-hydrogen) atoms. The van der Waals surface area contributed by atoms with Crippen molar-refractivity contribution in [2.75, 3.05) is 47.9 Å². The number of hydrogen-bond donors (Lipinski definition) is 15. The van der Waals surface area contributed by atoms with Crippen LogP contribution in [0.5, 0.6) is 0 Å². The quantitative estimate of drug-likeness (QED) is 0.0255. The van der Waals surface area contributed by atoms with E-state index in [-0.39, 0.29) is 134 Å². The number of benzene rings is 7. The van der Waals surface area contributed by atoms with Gasteiger partial charge in [0.15, 0.2) is 0 Å². The van der Waals surface area contributed by atoms with E-state index < -0.39 is 143 Å². The van der Waals surface area contributed by atoms with Gasteiger partial charge >= 0.3 is 0 Å². The maximum Gasteiger partial charge on any atom is 0.295 e. The lowest BCUT2D eigenvalue weighted by Gasteiger charge is -2.10. The van der Waals surface area contributed by atoms with E-state index in [0.29, 0.717) is 18.2 Å². The van der Waals surface area contributed by atoms with Crippen LogP contribution in [0.2, 0.25) is 0 Å². The van der Waals surface area contributed by atoms with Gasteiger partial charge in [0.2, 0.25) is 0 Å². The Morgan fingerprint density at radius 1 is 0.220 bits per heavy atom. The Kier molecular flexibility index (Phi) is 22.5. The molecule has 13 rings (SSSR count). The van der Waals surface area contributed by atoms with Crippen LogP contribution in [-0.2, 0) is 103 Å². The van der Waals surface area contributed by atoms with E-state index in [0.717, 1.165) is 54.6 Å².